The van der Waals surface area contributed by atoms with E-state index in [4.69, 9.17) is 0 Å². The number of carbonyl (C=O) groups excluding carboxylic acids is 2. The molecule has 0 radical (unpaired) electrons. The molecule has 0 spiro atoms. The van der Waals surface area contributed by atoms with E-state index < -0.39 is 35.4 Å². The van der Waals surface area contributed by atoms with Gasteiger partial charge in [-0.15, -0.1) is 0 Å². The highest BCUT2D eigenvalue weighted by Gasteiger charge is 2.37. The summed E-state index contributed by atoms with van der Waals surface area (Å²) in [5.41, 5.74) is 0.373. The fourth-order valence-electron chi connectivity index (χ4n) is 2.29. The Bertz CT molecular complexity index is 949. The van der Waals surface area contributed by atoms with Gasteiger partial charge in [0.15, 0.2) is 0 Å². The van der Waals surface area contributed by atoms with Gasteiger partial charge in [0.05, 0.1) is 0 Å². The molecule has 10 heteroatoms. The first kappa shape index (κ1) is 22.7. The van der Waals surface area contributed by atoms with Crippen molar-refractivity contribution in [1.29, 1.82) is 0 Å². The Balaban J connectivity index is 2.38. The SMILES string of the molecule is O=C(C=C(O)c1cccc(-c2cccc(C(O)=CC(=O)C(F)(F)F)c2)c1)C(F)(F)F. The van der Waals surface area contributed by atoms with Crippen LogP contribution < -0.4 is 0 Å². The van der Waals surface area contributed by atoms with E-state index in [0.717, 1.165) is 0 Å². The minimum absolute atomic E-state index is 0.0207. The average Bonchev–Trinajstić information content (AvgIpc) is 2.66. The number of ketones is 2. The molecule has 2 rings (SSSR count). The van der Waals surface area contributed by atoms with Crippen molar-refractivity contribution in [2.75, 3.05) is 0 Å². The molecule has 158 valence electrons. The normalized spacial score (nSPS) is 13.3. The maximum atomic E-state index is 12.3. The second-order valence-electron chi connectivity index (χ2n) is 5.94. The van der Waals surface area contributed by atoms with Crippen LogP contribution in [0, 0.1) is 0 Å². The largest absolute Gasteiger partial charge is 0.507 e. The van der Waals surface area contributed by atoms with E-state index in [1.807, 2.05) is 0 Å². The smallest absolute Gasteiger partial charge is 0.454 e. The molecule has 0 aliphatic heterocycles. The van der Waals surface area contributed by atoms with E-state index in [2.05, 4.69) is 0 Å². The number of rotatable bonds is 5. The van der Waals surface area contributed by atoms with Crippen molar-refractivity contribution in [3.8, 4) is 11.1 Å². The predicted octanol–water partition coefficient (Wildman–Crippen LogP) is 5.41. The molecule has 4 nitrogen and oxygen atoms in total. The highest BCUT2D eigenvalue weighted by molar-refractivity contribution is 6.00. The quantitative estimate of drug-likeness (QED) is 0.378. The third kappa shape index (κ3) is 5.72. The number of alkyl halides is 6. The molecule has 2 N–H and O–H groups in total. The van der Waals surface area contributed by atoms with Crippen LogP contribution in [0.5, 0.6) is 0 Å². The van der Waals surface area contributed by atoms with Crippen molar-refractivity contribution in [2.45, 2.75) is 12.4 Å². The van der Waals surface area contributed by atoms with Gasteiger partial charge in [-0.05, 0) is 23.3 Å². The zero-order chi connectivity index (χ0) is 22.7. The fourth-order valence-corrected chi connectivity index (χ4v) is 2.29. The van der Waals surface area contributed by atoms with Gasteiger partial charge in [-0.3, -0.25) is 9.59 Å². The number of hydrogen-bond acceptors (Lipinski definition) is 4. The average molecular weight is 430 g/mol. The summed E-state index contributed by atoms with van der Waals surface area (Å²) < 4.78 is 74.0. The van der Waals surface area contributed by atoms with Crippen LogP contribution in [-0.2, 0) is 9.59 Å². The van der Waals surface area contributed by atoms with E-state index in [1.54, 1.807) is 0 Å². The lowest BCUT2D eigenvalue weighted by Gasteiger charge is -2.08. The van der Waals surface area contributed by atoms with E-state index in [1.165, 1.54) is 48.5 Å². The molecule has 0 saturated heterocycles. The summed E-state index contributed by atoms with van der Waals surface area (Å²) in [6.07, 6.45) is -10.3. The first-order valence-electron chi connectivity index (χ1n) is 8.04. The summed E-state index contributed by atoms with van der Waals surface area (Å²) in [6.45, 7) is 0. The minimum atomic E-state index is -5.16. The van der Waals surface area contributed by atoms with Gasteiger partial charge in [0.2, 0.25) is 0 Å². The van der Waals surface area contributed by atoms with E-state index in [0.29, 0.717) is 11.1 Å². The van der Waals surface area contributed by atoms with Crippen LogP contribution >= 0.6 is 0 Å². The lowest BCUT2D eigenvalue weighted by molar-refractivity contribution is -0.165. The van der Waals surface area contributed by atoms with Gasteiger partial charge in [0.25, 0.3) is 11.6 Å². The molecule has 0 unspecified atom stereocenters. The Morgan fingerprint density at radius 1 is 0.667 bits per heavy atom. The number of carbonyl (C=O) groups is 2. The molecule has 0 aliphatic carbocycles. The molecule has 0 aromatic heterocycles. The van der Waals surface area contributed by atoms with Gasteiger partial charge in [0.1, 0.15) is 11.5 Å². The molecule has 0 aliphatic rings. The Morgan fingerprint density at radius 3 is 1.30 bits per heavy atom. The molecular weight excluding hydrogens is 418 g/mol. The van der Waals surface area contributed by atoms with Crippen LogP contribution in [0.25, 0.3) is 22.6 Å². The maximum absolute atomic E-state index is 12.3. The van der Waals surface area contributed by atoms with E-state index in [9.17, 15) is 46.1 Å². The van der Waals surface area contributed by atoms with Crippen LogP contribution in [0.1, 0.15) is 11.1 Å². The van der Waals surface area contributed by atoms with Crippen LogP contribution in [-0.4, -0.2) is 34.1 Å². The van der Waals surface area contributed by atoms with Gasteiger partial charge in [-0.25, -0.2) is 0 Å². The second kappa shape index (κ2) is 8.44. The number of allylic oxidation sites excluding steroid dienone is 2. The van der Waals surface area contributed by atoms with Crippen molar-refractivity contribution in [1.82, 2.24) is 0 Å². The van der Waals surface area contributed by atoms with Crippen molar-refractivity contribution in [3.05, 3.63) is 71.8 Å². The summed E-state index contributed by atoms with van der Waals surface area (Å²) in [5.74, 6) is -6.38. The Morgan fingerprint density at radius 2 is 1.00 bits per heavy atom. The van der Waals surface area contributed by atoms with Crippen molar-refractivity contribution < 1.29 is 46.1 Å². The highest BCUT2D eigenvalue weighted by Crippen LogP contribution is 2.27. The van der Waals surface area contributed by atoms with Gasteiger partial charge in [-0.1, -0.05) is 36.4 Å². The monoisotopic (exact) mass is 430 g/mol. The Kier molecular flexibility index (Phi) is 6.39. The van der Waals surface area contributed by atoms with E-state index >= 15 is 0 Å². The first-order chi connectivity index (χ1) is 13.8. The molecule has 0 atom stereocenters. The van der Waals surface area contributed by atoms with E-state index in [-0.39, 0.29) is 23.3 Å². The van der Waals surface area contributed by atoms with Crippen LogP contribution in [0.15, 0.2) is 60.7 Å². The van der Waals surface area contributed by atoms with Crippen LogP contribution in [0.2, 0.25) is 0 Å². The number of hydrogen-bond donors (Lipinski definition) is 2. The lowest BCUT2D eigenvalue weighted by Crippen LogP contribution is -2.20. The van der Waals surface area contributed by atoms with Crippen molar-refractivity contribution in [2.24, 2.45) is 0 Å². The third-order valence-corrected chi connectivity index (χ3v) is 3.74. The Hall–Kier alpha value is -3.56. The molecule has 0 amide bonds. The molecular formula is C20H12F6O4. The summed E-state index contributed by atoms with van der Waals surface area (Å²) in [5, 5.41) is 19.6. The molecule has 2 aromatic rings. The maximum Gasteiger partial charge on any atom is 0.454 e. The molecule has 0 heterocycles. The number of aliphatic hydroxyl groups excluding tert-OH is 2. The zero-order valence-electron chi connectivity index (χ0n) is 14.8. The van der Waals surface area contributed by atoms with Crippen LogP contribution in [0.3, 0.4) is 0 Å². The first-order valence-corrected chi connectivity index (χ1v) is 8.04. The van der Waals surface area contributed by atoms with Gasteiger partial charge in [0, 0.05) is 23.3 Å². The fraction of sp³-hybridized carbons (Fsp3) is 0.100. The summed E-state index contributed by atoms with van der Waals surface area (Å²) in [6, 6.07) is 10.6. The third-order valence-electron chi connectivity index (χ3n) is 3.74. The van der Waals surface area contributed by atoms with Gasteiger partial charge >= 0.3 is 12.4 Å². The molecule has 30 heavy (non-hydrogen) atoms. The van der Waals surface area contributed by atoms with Crippen LogP contribution in [0.4, 0.5) is 26.3 Å². The number of halogens is 6. The van der Waals surface area contributed by atoms with Crippen molar-refractivity contribution >= 4 is 23.1 Å². The predicted molar refractivity (Wildman–Crippen MR) is 95.2 cm³/mol. The highest BCUT2D eigenvalue weighted by atomic mass is 19.4. The van der Waals surface area contributed by atoms with Crippen molar-refractivity contribution in [3.63, 3.8) is 0 Å². The number of benzene rings is 2. The number of aliphatic hydroxyl groups is 2. The summed E-state index contributed by atoms with van der Waals surface area (Å²) in [4.78, 5) is 22.0. The molecule has 0 saturated carbocycles. The molecule has 0 bridgehead atoms. The minimum Gasteiger partial charge on any atom is -0.507 e. The Labute approximate surface area is 165 Å². The van der Waals surface area contributed by atoms with Gasteiger partial charge < -0.3 is 10.2 Å². The van der Waals surface area contributed by atoms with Gasteiger partial charge in [-0.2, -0.15) is 26.3 Å². The standard InChI is InChI=1S/C20H12F6O4/c21-19(22,23)17(29)9-15(27)13-5-1-3-11(7-13)12-4-2-6-14(8-12)16(28)10-18(30)20(24,25)26/h1-10,27-28H. The lowest BCUT2D eigenvalue weighted by atomic mass is 9.99. The molecule has 2 aromatic carbocycles. The summed E-state index contributed by atoms with van der Waals surface area (Å²) in [7, 11) is 0. The topological polar surface area (TPSA) is 74.6 Å². The molecule has 0 fully saturated rings. The zero-order valence-corrected chi connectivity index (χ0v) is 14.8. The second-order valence-corrected chi connectivity index (χ2v) is 5.94. The summed E-state index contributed by atoms with van der Waals surface area (Å²) >= 11 is 0.